The Kier molecular flexibility index (Phi) is 5.84. The number of nitrogens with zero attached hydrogens (tertiary/aromatic N) is 1. The predicted molar refractivity (Wildman–Crippen MR) is 159 cm³/mol. The highest BCUT2D eigenvalue weighted by molar-refractivity contribution is 6.31. The molecular formula is C34H25ClN2O4. The number of para-hydroxylation sites is 1. The van der Waals surface area contributed by atoms with Crippen molar-refractivity contribution < 1.29 is 19.1 Å². The van der Waals surface area contributed by atoms with Gasteiger partial charge in [-0.15, -0.1) is 0 Å². The number of hydrogen-bond donors (Lipinski definition) is 1. The highest BCUT2D eigenvalue weighted by Gasteiger charge is 2.70. The van der Waals surface area contributed by atoms with E-state index in [0.717, 1.165) is 11.3 Å². The van der Waals surface area contributed by atoms with Crippen LogP contribution in [-0.4, -0.2) is 36.7 Å². The monoisotopic (exact) mass is 560 g/mol. The summed E-state index contributed by atoms with van der Waals surface area (Å²) in [4.78, 5) is 45.8. The molecule has 4 aromatic rings. The molecule has 0 radical (unpaired) electrons. The zero-order chi connectivity index (χ0) is 28.3. The first-order valence-corrected chi connectivity index (χ1v) is 13.8. The van der Waals surface area contributed by atoms with Crippen molar-refractivity contribution >= 4 is 46.5 Å². The number of ketones is 2. The lowest BCUT2D eigenvalue weighted by Crippen LogP contribution is -2.51. The lowest BCUT2D eigenvalue weighted by atomic mass is 9.64. The molecule has 1 spiro atoms. The quantitative estimate of drug-likeness (QED) is 0.294. The molecular weight excluding hydrogens is 536 g/mol. The molecule has 202 valence electrons. The third kappa shape index (κ3) is 3.60. The second-order valence-electron chi connectivity index (χ2n) is 10.5. The van der Waals surface area contributed by atoms with Gasteiger partial charge in [0.25, 0.3) is 0 Å². The summed E-state index contributed by atoms with van der Waals surface area (Å²) in [5.41, 5.74) is 2.37. The third-order valence-electron chi connectivity index (χ3n) is 8.56. The normalized spacial score (nSPS) is 23.5. The Morgan fingerprint density at radius 1 is 0.878 bits per heavy atom. The summed E-state index contributed by atoms with van der Waals surface area (Å²) in [5, 5.41) is 3.60. The number of carbonyl (C=O) groups excluding carboxylic acids is 3. The lowest BCUT2D eigenvalue weighted by molar-refractivity contribution is -0.121. The van der Waals surface area contributed by atoms with Gasteiger partial charge in [-0.05, 0) is 47.5 Å². The van der Waals surface area contributed by atoms with Crippen LogP contribution in [0.1, 0.15) is 31.8 Å². The van der Waals surface area contributed by atoms with Crippen LogP contribution in [0.5, 0.6) is 5.75 Å². The lowest BCUT2D eigenvalue weighted by Gasteiger charge is -2.37. The standard InChI is InChI=1S/C34H25ClN2O4/c1-41-24-11-7-10-22(19-24)31(38)29-30(32(39)20-8-3-2-4-9-20)37-27-16-15-23(35)18-21(27)14-17-28(37)34(29)25-12-5-6-13-26(25)36-33(34)40/h2-19,28-30H,1H3,(H,36,40)/t28-,29+,30-,34+/m1/s1. The molecule has 4 atom stereocenters. The van der Waals surface area contributed by atoms with E-state index in [1.807, 2.05) is 59.5 Å². The molecule has 0 saturated carbocycles. The number of hydrogen-bond acceptors (Lipinski definition) is 5. The molecule has 4 aromatic carbocycles. The van der Waals surface area contributed by atoms with Gasteiger partial charge >= 0.3 is 0 Å². The molecule has 0 unspecified atom stereocenters. The fraction of sp³-hybridized carbons (Fsp3) is 0.147. The van der Waals surface area contributed by atoms with E-state index in [1.54, 1.807) is 54.6 Å². The topological polar surface area (TPSA) is 75.7 Å². The molecule has 6 nitrogen and oxygen atoms in total. The maximum absolute atomic E-state index is 14.8. The molecule has 1 fully saturated rings. The number of amides is 1. The number of carbonyl (C=O) groups is 3. The SMILES string of the molecule is COc1cccc(C(=O)[C@@H]2[C@H](C(=O)c3ccccc3)N3c4ccc(Cl)cc4C=C[C@@H]3[C@]23C(=O)Nc2ccccc23)c1. The highest BCUT2D eigenvalue weighted by Crippen LogP contribution is 2.58. The second-order valence-corrected chi connectivity index (χ2v) is 11.0. The molecule has 1 N–H and O–H groups in total. The Morgan fingerprint density at radius 3 is 2.44 bits per heavy atom. The number of rotatable bonds is 5. The second kappa shape index (κ2) is 9.46. The van der Waals surface area contributed by atoms with Gasteiger partial charge in [-0.25, -0.2) is 0 Å². The smallest absolute Gasteiger partial charge is 0.238 e. The van der Waals surface area contributed by atoms with E-state index in [4.69, 9.17) is 16.3 Å². The summed E-state index contributed by atoms with van der Waals surface area (Å²) >= 11 is 6.36. The molecule has 7 heteroatoms. The first-order chi connectivity index (χ1) is 19.9. The number of benzene rings is 4. The number of Topliss-reactive ketones (excluding diaryl/α,β-unsaturated/α-hetero) is 2. The van der Waals surface area contributed by atoms with Crippen molar-refractivity contribution in [1.82, 2.24) is 0 Å². The van der Waals surface area contributed by atoms with Crippen LogP contribution in [0.4, 0.5) is 11.4 Å². The van der Waals surface area contributed by atoms with Crippen LogP contribution >= 0.6 is 11.6 Å². The fourth-order valence-electron chi connectivity index (χ4n) is 6.88. The Hall–Kier alpha value is -4.68. The summed E-state index contributed by atoms with van der Waals surface area (Å²) in [5.74, 6) is -1.38. The molecule has 3 heterocycles. The Balaban J connectivity index is 1.54. The molecule has 7 rings (SSSR count). The van der Waals surface area contributed by atoms with E-state index in [-0.39, 0.29) is 17.5 Å². The first kappa shape index (κ1) is 25.3. The van der Waals surface area contributed by atoms with E-state index in [0.29, 0.717) is 33.1 Å². The van der Waals surface area contributed by atoms with Gasteiger partial charge in [0.1, 0.15) is 17.2 Å². The number of methoxy groups -OCH3 is 1. The van der Waals surface area contributed by atoms with Crippen molar-refractivity contribution in [3.05, 3.63) is 130 Å². The first-order valence-electron chi connectivity index (χ1n) is 13.4. The van der Waals surface area contributed by atoms with Gasteiger partial charge in [0, 0.05) is 27.5 Å². The molecule has 0 aliphatic carbocycles. The number of fused-ring (bicyclic) bond motifs is 6. The minimum atomic E-state index is -1.38. The number of nitrogens with one attached hydrogen (secondary N) is 1. The summed E-state index contributed by atoms with van der Waals surface area (Å²) < 4.78 is 5.43. The Morgan fingerprint density at radius 2 is 1.63 bits per heavy atom. The third-order valence-corrected chi connectivity index (χ3v) is 8.79. The zero-order valence-corrected chi connectivity index (χ0v) is 22.8. The van der Waals surface area contributed by atoms with Gasteiger partial charge in [0.05, 0.1) is 19.1 Å². The van der Waals surface area contributed by atoms with Crippen molar-refractivity contribution in [3.63, 3.8) is 0 Å². The Labute approximate surface area is 242 Å². The maximum Gasteiger partial charge on any atom is 0.238 e. The van der Waals surface area contributed by atoms with Gasteiger partial charge < -0.3 is 15.0 Å². The minimum absolute atomic E-state index is 0.234. The van der Waals surface area contributed by atoms with Crippen LogP contribution in [0, 0.1) is 5.92 Å². The van der Waals surface area contributed by atoms with E-state index in [9.17, 15) is 14.4 Å². The van der Waals surface area contributed by atoms with Crippen LogP contribution in [0.15, 0.2) is 103 Å². The molecule has 3 aliphatic heterocycles. The molecule has 3 aliphatic rings. The van der Waals surface area contributed by atoms with Crippen molar-refractivity contribution in [2.75, 3.05) is 17.3 Å². The molecule has 0 aromatic heterocycles. The van der Waals surface area contributed by atoms with Crippen molar-refractivity contribution in [1.29, 1.82) is 0 Å². The maximum atomic E-state index is 14.8. The molecule has 1 amide bonds. The van der Waals surface area contributed by atoms with Gasteiger partial charge in [-0.2, -0.15) is 0 Å². The Bertz CT molecular complexity index is 1770. The summed E-state index contributed by atoms with van der Waals surface area (Å²) in [6, 6.07) is 27.1. The van der Waals surface area contributed by atoms with Crippen LogP contribution in [0.2, 0.25) is 5.02 Å². The van der Waals surface area contributed by atoms with E-state index >= 15 is 0 Å². The van der Waals surface area contributed by atoms with Crippen molar-refractivity contribution in [2.24, 2.45) is 5.92 Å². The largest absolute Gasteiger partial charge is 0.497 e. The zero-order valence-electron chi connectivity index (χ0n) is 22.1. The number of ether oxygens (including phenoxy) is 1. The van der Waals surface area contributed by atoms with E-state index < -0.39 is 23.4 Å². The van der Waals surface area contributed by atoms with Gasteiger partial charge in [-0.1, -0.05) is 84.4 Å². The molecule has 0 bridgehead atoms. The van der Waals surface area contributed by atoms with Crippen molar-refractivity contribution in [2.45, 2.75) is 17.5 Å². The van der Waals surface area contributed by atoms with Gasteiger partial charge in [0.15, 0.2) is 11.6 Å². The minimum Gasteiger partial charge on any atom is -0.497 e. The summed E-state index contributed by atoms with van der Waals surface area (Å²) in [7, 11) is 1.54. The number of halogens is 1. The van der Waals surface area contributed by atoms with Gasteiger partial charge in [0.2, 0.25) is 5.91 Å². The van der Waals surface area contributed by atoms with E-state index in [2.05, 4.69) is 5.32 Å². The van der Waals surface area contributed by atoms with Crippen LogP contribution in [-0.2, 0) is 10.2 Å². The van der Waals surface area contributed by atoms with Crippen LogP contribution in [0.25, 0.3) is 6.08 Å². The van der Waals surface area contributed by atoms with Gasteiger partial charge in [-0.3, -0.25) is 14.4 Å². The van der Waals surface area contributed by atoms with E-state index in [1.165, 1.54) is 7.11 Å². The average molecular weight is 561 g/mol. The fourth-order valence-corrected chi connectivity index (χ4v) is 7.06. The van der Waals surface area contributed by atoms with Crippen molar-refractivity contribution in [3.8, 4) is 5.75 Å². The highest BCUT2D eigenvalue weighted by atomic mass is 35.5. The summed E-state index contributed by atoms with van der Waals surface area (Å²) in [6.07, 6.45) is 3.87. The van der Waals surface area contributed by atoms with Crippen LogP contribution in [0.3, 0.4) is 0 Å². The average Bonchev–Trinajstić information content (AvgIpc) is 3.49. The summed E-state index contributed by atoms with van der Waals surface area (Å²) in [6.45, 7) is 0. The molecule has 1 saturated heterocycles. The molecule has 41 heavy (non-hydrogen) atoms. The number of anilines is 2. The predicted octanol–water partition coefficient (Wildman–Crippen LogP) is 6.20. The van der Waals surface area contributed by atoms with Crippen LogP contribution < -0.4 is 15.0 Å².